The molecule has 0 N–H and O–H groups in total. The van der Waals surface area contributed by atoms with Gasteiger partial charge in [-0.15, -0.1) is 0 Å². The lowest BCUT2D eigenvalue weighted by Gasteiger charge is -2.14. The van der Waals surface area contributed by atoms with Crippen LogP contribution in [0.3, 0.4) is 0 Å². The second-order valence-electron chi connectivity index (χ2n) is 5.15. The number of benzene rings is 2. The van der Waals surface area contributed by atoms with Crippen LogP contribution in [0.5, 0.6) is 0 Å². The molecule has 102 valence electrons. The smallest absolute Gasteiger partial charge is 0.0994 e. The van der Waals surface area contributed by atoms with Gasteiger partial charge in [0.1, 0.15) is 0 Å². The number of hydrogen-bond acceptors (Lipinski definition) is 2. The predicted molar refractivity (Wildman–Crippen MR) is 84.1 cm³/mol. The van der Waals surface area contributed by atoms with E-state index in [1.807, 2.05) is 26.2 Å². The van der Waals surface area contributed by atoms with E-state index >= 15 is 0 Å². The molecule has 0 aliphatic rings. The van der Waals surface area contributed by atoms with Gasteiger partial charge in [-0.25, -0.2) is 0 Å². The molecule has 0 heterocycles. The third-order valence-electron chi connectivity index (χ3n) is 3.59. The Morgan fingerprint density at radius 1 is 1.05 bits per heavy atom. The van der Waals surface area contributed by atoms with E-state index < -0.39 is 0 Å². The van der Waals surface area contributed by atoms with Crippen LogP contribution in [-0.2, 0) is 12.8 Å². The van der Waals surface area contributed by atoms with Crippen molar-refractivity contribution < 1.29 is 0 Å². The topological polar surface area (TPSA) is 27.0 Å². The first-order valence-corrected chi connectivity index (χ1v) is 6.92. The van der Waals surface area contributed by atoms with Crippen LogP contribution in [0, 0.1) is 11.3 Å². The molecule has 0 saturated heterocycles. The molecule has 2 rings (SSSR count). The second kappa shape index (κ2) is 6.25. The SMILES string of the molecule is CCc1c(C#N)cccc1Cc1ccc(N(C)C)cc1. The summed E-state index contributed by atoms with van der Waals surface area (Å²) in [6.07, 6.45) is 1.78. The van der Waals surface area contributed by atoms with Crippen LogP contribution >= 0.6 is 0 Å². The molecule has 20 heavy (non-hydrogen) atoms. The van der Waals surface area contributed by atoms with Gasteiger partial charge in [-0.3, -0.25) is 0 Å². The molecule has 0 fully saturated rings. The summed E-state index contributed by atoms with van der Waals surface area (Å²) < 4.78 is 0. The highest BCUT2D eigenvalue weighted by molar-refractivity contribution is 5.48. The molecule has 0 atom stereocenters. The molecule has 2 heteroatoms. The van der Waals surface area contributed by atoms with Gasteiger partial charge in [0.2, 0.25) is 0 Å². The molecular formula is C18H20N2. The van der Waals surface area contributed by atoms with Gasteiger partial charge >= 0.3 is 0 Å². The highest BCUT2D eigenvalue weighted by Crippen LogP contribution is 2.20. The lowest BCUT2D eigenvalue weighted by molar-refractivity contribution is 1.05. The maximum atomic E-state index is 9.18. The number of anilines is 1. The maximum absolute atomic E-state index is 9.18. The highest BCUT2D eigenvalue weighted by Gasteiger charge is 2.07. The molecule has 0 radical (unpaired) electrons. The van der Waals surface area contributed by atoms with Crippen LogP contribution in [0.25, 0.3) is 0 Å². The molecule has 0 spiro atoms. The van der Waals surface area contributed by atoms with Crippen molar-refractivity contribution in [3.05, 3.63) is 64.7 Å². The van der Waals surface area contributed by atoms with Crippen molar-refractivity contribution in [1.82, 2.24) is 0 Å². The van der Waals surface area contributed by atoms with E-state index in [2.05, 4.69) is 48.2 Å². The second-order valence-corrected chi connectivity index (χ2v) is 5.15. The van der Waals surface area contributed by atoms with Crippen LogP contribution in [0.4, 0.5) is 5.69 Å². The lowest BCUT2D eigenvalue weighted by Crippen LogP contribution is -2.08. The number of nitriles is 1. The van der Waals surface area contributed by atoms with Gasteiger partial charge in [-0.05, 0) is 47.7 Å². The molecular weight excluding hydrogens is 244 g/mol. The van der Waals surface area contributed by atoms with Gasteiger partial charge in [0.25, 0.3) is 0 Å². The van der Waals surface area contributed by atoms with Gasteiger partial charge in [-0.1, -0.05) is 31.2 Å². The van der Waals surface area contributed by atoms with E-state index in [9.17, 15) is 5.26 Å². The summed E-state index contributed by atoms with van der Waals surface area (Å²) in [5, 5.41) is 9.18. The molecule has 2 nitrogen and oxygen atoms in total. The minimum absolute atomic E-state index is 0.801. The monoisotopic (exact) mass is 264 g/mol. The predicted octanol–water partition coefficient (Wildman–Crippen LogP) is 3.78. The van der Waals surface area contributed by atoms with Crippen molar-refractivity contribution in [3.8, 4) is 6.07 Å². The lowest BCUT2D eigenvalue weighted by atomic mass is 9.94. The Hall–Kier alpha value is -2.27. The number of nitrogens with zero attached hydrogens (tertiary/aromatic N) is 2. The zero-order chi connectivity index (χ0) is 14.5. The normalized spacial score (nSPS) is 10.1. The molecule has 2 aromatic rings. The van der Waals surface area contributed by atoms with Gasteiger partial charge in [0.05, 0.1) is 11.6 Å². The third kappa shape index (κ3) is 3.00. The summed E-state index contributed by atoms with van der Waals surface area (Å²) in [6, 6.07) is 16.9. The summed E-state index contributed by atoms with van der Waals surface area (Å²) in [5.41, 5.74) is 5.71. The van der Waals surface area contributed by atoms with Crippen molar-refractivity contribution in [3.63, 3.8) is 0 Å². The van der Waals surface area contributed by atoms with Crippen LogP contribution in [0.15, 0.2) is 42.5 Å². The fraction of sp³-hybridized carbons (Fsp3) is 0.278. The first-order valence-electron chi connectivity index (χ1n) is 6.92. The van der Waals surface area contributed by atoms with Crippen molar-refractivity contribution in [2.75, 3.05) is 19.0 Å². The fourth-order valence-electron chi connectivity index (χ4n) is 2.45. The third-order valence-corrected chi connectivity index (χ3v) is 3.59. The van der Waals surface area contributed by atoms with Gasteiger partial charge in [0.15, 0.2) is 0 Å². The molecule has 0 aromatic heterocycles. The van der Waals surface area contributed by atoms with Crippen LogP contribution in [0.1, 0.15) is 29.2 Å². The number of rotatable bonds is 4. The minimum atomic E-state index is 0.801. The summed E-state index contributed by atoms with van der Waals surface area (Å²) in [6.45, 7) is 2.11. The van der Waals surface area contributed by atoms with Gasteiger partial charge in [0, 0.05) is 19.8 Å². The molecule has 2 aromatic carbocycles. The molecule has 0 aliphatic carbocycles. The van der Waals surface area contributed by atoms with E-state index in [0.717, 1.165) is 18.4 Å². The van der Waals surface area contributed by atoms with Crippen molar-refractivity contribution >= 4 is 5.69 Å². The Morgan fingerprint density at radius 2 is 1.75 bits per heavy atom. The summed E-state index contributed by atoms with van der Waals surface area (Å²) in [7, 11) is 4.08. The summed E-state index contributed by atoms with van der Waals surface area (Å²) in [5.74, 6) is 0. The van der Waals surface area contributed by atoms with Crippen LogP contribution in [0.2, 0.25) is 0 Å². The zero-order valence-electron chi connectivity index (χ0n) is 12.4. The van der Waals surface area contributed by atoms with Crippen molar-refractivity contribution in [2.24, 2.45) is 0 Å². The largest absolute Gasteiger partial charge is 0.378 e. The minimum Gasteiger partial charge on any atom is -0.378 e. The Balaban J connectivity index is 2.28. The molecule has 0 unspecified atom stereocenters. The van der Waals surface area contributed by atoms with E-state index in [1.54, 1.807) is 0 Å². The molecule has 0 amide bonds. The summed E-state index contributed by atoms with van der Waals surface area (Å²) in [4.78, 5) is 2.09. The van der Waals surface area contributed by atoms with Gasteiger partial charge < -0.3 is 4.90 Å². The van der Waals surface area contributed by atoms with E-state index in [0.29, 0.717) is 0 Å². The average molecular weight is 264 g/mol. The van der Waals surface area contributed by atoms with E-state index in [-0.39, 0.29) is 0 Å². The molecule has 0 bridgehead atoms. The molecule has 0 aliphatic heterocycles. The fourth-order valence-corrected chi connectivity index (χ4v) is 2.45. The maximum Gasteiger partial charge on any atom is 0.0994 e. The Bertz CT molecular complexity index is 619. The number of hydrogen-bond donors (Lipinski definition) is 0. The quantitative estimate of drug-likeness (QED) is 0.840. The highest BCUT2D eigenvalue weighted by atomic mass is 15.1. The van der Waals surface area contributed by atoms with E-state index in [4.69, 9.17) is 0 Å². The first-order chi connectivity index (χ1) is 9.65. The van der Waals surface area contributed by atoms with Crippen LogP contribution in [-0.4, -0.2) is 14.1 Å². The van der Waals surface area contributed by atoms with E-state index in [1.165, 1.54) is 22.4 Å². The van der Waals surface area contributed by atoms with Crippen LogP contribution < -0.4 is 4.90 Å². The summed E-state index contributed by atoms with van der Waals surface area (Å²) >= 11 is 0. The van der Waals surface area contributed by atoms with Gasteiger partial charge in [-0.2, -0.15) is 5.26 Å². The zero-order valence-corrected chi connectivity index (χ0v) is 12.4. The Kier molecular flexibility index (Phi) is 4.42. The standard InChI is InChI=1S/C18H20N2/c1-4-18-15(6-5-7-16(18)13-19)12-14-8-10-17(11-9-14)20(2)3/h5-11H,4,12H2,1-3H3. The molecule has 0 saturated carbocycles. The Labute approximate surface area is 121 Å². The van der Waals surface area contributed by atoms with Crippen molar-refractivity contribution in [1.29, 1.82) is 5.26 Å². The average Bonchev–Trinajstić information content (AvgIpc) is 2.47. The first kappa shape index (κ1) is 14.1. The van der Waals surface area contributed by atoms with Crippen molar-refractivity contribution in [2.45, 2.75) is 19.8 Å². The Morgan fingerprint density at radius 3 is 2.30 bits per heavy atom.